The largest absolute Gasteiger partial charge is 0.492 e. The van der Waals surface area contributed by atoms with Crippen LogP contribution in [0.4, 0.5) is 5.69 Å². The molecule has 0 saturated carbocycles. The van der Waals surface area contributed by atoms with Crippen LogP contribution in [0.15, 0.2) is 24.3 Å². The number of ether oxygens (including phenoxy) is 1. The van der Waals surface area contributed by atoms with Gasteiger partial charge in [0.1, 0.15) is 12.4 Å². The predicted octanol–water partition coefficient (Wildman–Crippen LogP) is 1.76. The van der Waals surface area contributed by atoms with Crippen LogP contribution < -0.4 is 15.2 Å². The SMILES string of the molecule is CCCCCNS(=O)(=O)CCOc1ccc(N)cc1. The molecule has 0 unspecified atom stereocenters. The molecule has 0 heterocycles. The van der Waals surface area contributed by atoms with Gasteiger partial charge in [-0.05, 0) is 30.7 Å². The van der Waals surface area contributed by atoms with Crippen molar-refractivity contribution in [1.82, 2.24) is 4.72 Å². The minimum absolute atomic E-state index is 0.0382. The van der Waals surface area contributed by atoms with Crippen molar-refractivity contribution in [2.24, 2.45) is 0 Å². The van der Waals surface area contributed by atoms with E-state index in [0.29, 0.717) is 18.0 Å². The number of nitrogens with two attached hydrogens (primary N) is 1. The molecule has 0 amide bonds. The molecule has 0 bridgehead atoms. The van der Waals surface area contributed by atoms with Crippen LogP contribution in [-0.4, -0.2) is 27.3 Å². The van der Waals surface area contributed by atoms with E-state index in [1.165, 1.54) is 0 Å². The van der Waals surface area contributed by atoms with Gasteiger partial charge >= 0.3 is 0 Å². The summed E-state index contributed by atoms with van der Waals surface area (Å²) in [6.07, 6.45) is 2.97. The third kappa shape index (κ3) is 7.03. The topological polar surface area (TPSA) is 81.4 Å². The van der Waals surface area contributed by atoms with Crippen LogP contribution >= 0.6 is 0 Å². The second-order valence-corrected chi connectivity index (χ2v) is 6.26. The molecule has 0 radical (unpaired) electrons. The first kappa shape index (κ1) is 15.8. The molecule has 0 atom stereocenters. The molecule has 0 fully saturated rings. The number of sulfonamides is 1. The summed E-state index contributed by atoms with van der Waals surface area (Å²) in [6.45, 7) is 2.71. The monoisotopic (exact) mass is 286 g/mol. The second-order valence-electron chi connectivity index (χ2n) is 4.34. The van der Waals surface area contributed by atoms with Crippen LogP contribution in [0.5, 0.6) is 5.75 Å². The fraction of sp³-hybridized carbons (Fsp3) is 0.538. The number of nitrogen functional groups attached to an aromatic ring is 1. The minimum atomic E-state index is -3.24. The molecule has 0 aliphatic carbocycles. The fourth-order valence-electron chi connectivity index (χ4n) is 1.51. The van der Waals surface area contributed by atoms with E-state index < -0.39 is 10.0 Å². The molecule has 1 aromatic carbocycles. The highest BCUT2D eigenvalue weighted by molar-refractivity contribution is 7.89. The zero-order chi connectivity index (χ0) is 14.1. The molecular formula is C13H22N2O3S. The summed E-state index contributed by atoms with van der Waals surface area (Å²) in [5, 5.41) is 0. The van der Waals surface area contributed by atoms with E-state index in [9.17, 15) is 8.42 Å². The van der Waals surface area contributed by atoms with Crippen molar-refractivity contribution < 1.29 is 13.2 Å². The summed E-state index contributed by atoms with van der Waals surface area (Å²) in [5.74, 6) is 0.583. The first-order chi connectivity index (χ1) is 9.03. The number of unbranched alkanes of at least 4 members (excludes halogenated alkanes) is 2. The Kier molecular flexibility index (Phi) is 6.66. The molecule has 1 rings (SSSR count). The van der Waals surface area contributed by atoms with Crippen molar-refractivity contribution in [2.75, 3.05) is 24.6 Å². The Bertz CT molecular complexity index is 457. The average molecular weight is 286 g/mol. The summed E-state index contributed by atoms with van der Waals surface area (Å²) < 4.78 is 31.2. The van der Waals surface area contributed by atoms with Gasteiger partial charge in [-0.2, -0.15) is 0 Å². The van der Waals surface area contributed by atoms with Crippen molar-refractivity contribution in [2.45, 2.75) is 26.2 Å². The van der Waals surface area contributed by atoms with Crippen LogP contribution in [0.25, 0.3) is 0 Å². The van der Waals surface area contributed by atoms with Crippen LogP contribution in [0.1, 0.15) is 26.2 Å². The molecule has 6 heteroatoms. The predicted molar refractivity (Wildman–Crippen MR) is 77.7 cm³/mol. The highest BCUT2D eigenvalue weighted by Gasteiger charge is 2.09. The normalized spacial score (nSPS) is 11.4. The van der Waals surface area contributed by atoms with E-state index in [-0.39, 0.29) is 12.4 Å². The number of benzene rings is 1. The Balaban J connectivity index is 2.25. The van der Waals surface area contributed by atoms with Gasteiger partial charge in [0.05, 0.1) is 5.75 Å². The average Bonchev–Trinajstić information content (AvgIpc) is 2.37. The van der Waals surface area contributed by atoms with Crippen molar-refractivity contribution in [1.29, 1.82) is 0 Å². The maximum atomic E-state index is 11.6. The van der Waals surface area contributed by atoms with Crippen molar-refractivity contribution >= 4 is 15.7 Å². The smallest absolute Gasteiger partial charge is 0.214 e. The third-order valence-electron chi connectivity index (χ3n) is 2.60. The molecule has 0 aliphatic heterocycles. The Morgan fingerprint density at radius 3 is 2.53 bits per heavy atom. The van der Waals surface area contributed by atoms with E-state index in [1.54, 1.807) is 24.3 Å². The Hall–Kier alpha value is -1.27. The van der Waals surface area contributed by atoms with E-state index in [0.717, 1.165) is 19.3 Å². The zero-order valence-electron chi connectivity index (χ0n) is 11.3. The highest BCUT2D eigenvalue weighted by atomic mass is 32.2. The zero-order valence-corrected chi connectivity index (χ0v) is 12.1. The molecule has 5 nitrogen and oxygen atoms in total. The number of rotatable bonds is 9. The van der Waals surface area contributed by atoms with Crippen LogP contribution in [0.3, 0.4) is 0 Å². The quantitative estimate of drug-likeness (QED) is 0.535. The molecule has 0 saturated heterocycles. The molecule has 0 aliphatic rings. The molecule has 1 aromatic rings. The van der Waals surface area contributed by atoms with Gasteiger partial charge in [0, 0.05) is 12.2 Å². The van der Waals surface area contributed by atoms with E-state index in [1.807, 2.05) is 0 Å². The van der Waals surface area contributed by atoms with Crippen molar-refractivity contribution in [3.8, 4) is 5.75 Å². The molecule has 0 spiro atoms. The lowest BCUT2D eigenvalue weighted by Gasteiger charge is -2.08. The Morgan fingerprint density at radius 2 is 1.89 bits per heavy atom. The van der Waals surface area contributed by atoms with Gasteiger partial charge < -0.3 is 10.5 Å². The van der Waals surface area contributed by atoms with E-state index in [2.05, 4.69) is 11.6 Å². The Labute approximate surface area is 115 Å². The summed E-state index contributed by atoms with van der Waals surface area (Å²) in [6, 6.07) is 6.87. The lowest BCUT2D eigenvalue weighted by Crippen LogP contribution is -2.29. The number of hydrogen-bond donors (Lipinski definition) is 2. The Morgan fingerprint density at radius 1 is 1.21 bits per heavy atom. The summed E-state index contributed by atoms with van der Waals surface area (Å²) in [5.41, 5.74) is 6.19. The molecule has 3 N–H and O–H groups in total. The third-order valence-corrected chi connectivity index (χ3v) is 3.95. The molecule has 19 heavy (non-hydrogen) atoms. The molecule has 108 valence electrons. The van der Waals surface area contributed by atoms with Crippen molar-refractivity contribution in [3.63, 3.8) is 0 Å². The first-order valence-electron chi connectivity index (χ1n) is 6.49. The van der Waals surface area contributed by atoms with E-state index in [4.69, 9.17) is 10.5 Å². The molecule has 0 aromatic heterocycles. The first-order valence-corrected chi connectivity index (χ1v) is 8.14. The maximum absolute atomic E-state index is 11.6. The lowest BCUT2D eigenvalue weighted by molar-refractivity contribution is 0.340. The number of hydrogen-bond acceptors (Lipinski definition) is 4. The van der Waals surface area contributed by atoms with Gasteiger partial charge in [-0.3, -0.25) is 0 Å². The van der Waals surface area contributed by atoms with Crippen LogP contribution in [-0.2, 0) is 10.0 Å². The van der Waals surface area contributed by atoms with Gasteiger partial charge in [0.15, 0.2) is 0 Å². The lowest BCUT2D eigenvalue weighted by atomic mass is 10.3. The maximum Gasteiger partial charge on any atom is 0.214 e. The summed E-state index contributed by atoms with van der Waals surface area (Å²) in [4.78, 5) is 0. The summed E-state index contributed by atoms with van der Waals surface area (Å²) >= 11 is 0. The minimum Gasteiger partial charge on any atom is -0.492 e. The van der Waals surface area contributed by atoms with Gasteiger partial charge in [-0.1, -0.05) is 19.8 Å². The second kappa shape index (κ2) is 8.01. The fourth-order valence-corrected chi connectivity index (χ4v) is 2.41. The van der Waals surface area contributed by atoms with Crippen molar-refractivity contribution in [3.05, 3.63) is 24.3 Å². The van der Waals surface area contributed by atoms with Gasteiger partial charge in [0.25, 0.3) is 0 Å². The number of anilines is 1. The molecular weight excluding hydrogens is 264 g/mol. The van der Waals surface area contributed by atoms with Gasteiger partial charge in [-0.25, -0.2) is 13.1 Å². The van der Waals surface area contributed by atoms with Crippen LogP contribution in [0, 0.1) is 0 Å². The van der Waals surface area contributed by atoms with Gasteiger partial charge in [-0.15, -0.1) is 0 Å². The van der Waals surface area contributed by atoms with Crippen LogP contribution in [0.2, 0.25) is 0 Å². The highest BCUT2D eigenvalue weighted by Crippen LogP contribution is 2.12. The van der Waals surface area contributed by atoms with E-state index >= 15 is 0 Å². The summed E-state index contributed by atoms with van der Waals surface area (Å²) in [7, 11) is -3.24. The number of nitrogens with one attached hydrogen (secondary N) is 1. The van der Waals surface area contributed by atoms with Gasteiger partial charge in [0.2, 0.25) is 10.0 Å². The standard InChI is InChI=1S/C13H22N2O3S/c1-2-3-4-9-15-19(16,17)11-10-18-13-7-5-12(14)6-8-13/h5-8,15H,2-4,9-11,14H2,1H3.